The zero-order chi connectivity index (χ0) is 12.4. The number of benzene rings is 1. The highest BCUT2D eigenvalue weighted by Gasteiger charge is 2.19. The molecular weight excluding hydrogens is 309 g/mol. The molecule has 0 fully saturated rings. The molecule has 0 saturated carbocycles. The van der Waals surface area contributed by atoms with Crippen LogP contribution in [0, 0.1) is 5.82 Å². The summed E-state index contributed by atoms with van der Waals surface area (Å²) < 4.78 is 18.0. The average Bonchev–Trinajstić information content (AvgIpc) is 2.71. The average molecular weight is 316 g/mol. The van der Waals surface area contributed by atoms with Crippen LogP contribution in [0.15, 0.2) is 28.2 Å². The van der Waals surface area contributed by atoms with Crippen molar-refractivity contribution >= 4 is 33.2 Å². The predicted molar refractivity (Wildman–Crippen MR) is 66.5 cm³/mol. The molecule has 0 aliphatic heterocycles. The minimum atomic E-state index is -0.508. The molecule has 6 heteroatoms. The van der Waals surface area contributed by atoms with Gasteiger partial charge in [-0.05, 0) is 33.6 Å². The summed E-state index contributed by atoms with van der Waals surface area (Å²) in [5, 5.41) is 0. The van der Waals surface area contributed by atoms with Crippen LogP contribution in [-0.2, 0) is 4.74 Å². The van der Waals surface area contributed by atoms with E-state index >= 15 is 0 Å². The van der Waals surface area contributed by atoms with Gasteiger partial charge in [-0.15, -0.1) is 11.3 Å². The molecule has 0 amide bonds. The lowest BCUT2D eigenvalue weighted by molar-refractivity contribution is 0.0595. The summed E-state index contributed by atoms with van der Waals surface area (Å²) in [7, 11) is 1.30. The second-order valence-corrected chi connectivity index (χ2v) is 5.42. The number of nitrogens with zero attached hydrogens (tertiary/aromatic N) is 1. The lowest BCUT2D eigenvalue weighted by Crippen LogP contribution is -2.03. The Balaban J connectivity index is 2.51. The number of hydrogen-bond acceptors (Lipinski definition) is 4. The number of rotatable bonds is 2. The molecule has 3 nitrogen and oxygen atoms in total. The highest BCUT2D eigenvalue weighted by atomic mass is 79.9. The molecule has 0 bridgehead atoms. The van der Waals surface area contributed by atoms with Gasteiger partial charge in [0.25, 0.3) is 0 Å². The Kier molecular flexibility index (Phi) is 3.54. The van der Waals surface area contributed by atoms with Crippen molar-refractivity contribution in [2.24, 2.45) is 0 Å². The molecular formula is C11H7BrFNO2S. The van der Waals surface area contributed by atoms with Crippen molar-refractivity contribution in [2.75, 3.05) is 7.11 Å². The maximum Gasteiger partial charge on any atom is 0.358 e. The minimum Gasteiger partial charge on any atom is -0.464 e. The fraction of sp³-hybridized carbons (Fsp3) is 0.0909. The van der Waals surface area contributed by atoms with E-state index < -0.39 is 5.97 Å². The summed E-state index contributed by atoms with van der Waals surface area (Å²) in [5.41, 5.74) is 0.964. The second kappa shape index (κ2) is 4.93. The van der Waals surface area contributed by atoms with Crippen LogP contribution in [0.2, 0.25) is 0 Å². The van der Waals surface area contributed by atoms with Crippen molar-refractivity contribution in [3.05, 3.63) is 39.7 Å². The monoisotopic (exact) mass is 315 g/mol. The van der Waals surface area contributed by atoms with Crippen LogP contribution >= 0.6 is 27.3 Å². The standard InChI is InChI=1S/C11H7BrFNO2S/c1-16-10(15)8-9(17-11(12)14-8)6-2-4-7(13)5-3-6/h2-5H,1H3. The topological polar surface area (TPSA) is 39.2 Å². The minimum absolute atomic E-state index is 0.232. The number of hydrogen-bond donors (Lipinski definition) is 0. The number of thiazole rings is 1. The van der Waals surface area contributed by atoms with Crippen molar-refractivity contribution in [3.63, 3.8) is 0 Å². The van der Waals surface area contributed by atoms with Crippen molar-refractivity contribution in [1.29, 1.82) is 0 Å². The first kappa shape index (κ1) is 12.2. The van der Waals surface area contributed by atoms with Gasteiger partial charge in [-0.3, -0.25) is 0 Å². The number of ether oxygens (including phenoxy) is 1. The first-order valence-electron chi connectivity index (χ1n) is 4.62. The van der Waals surface area contributed by atoms with Crippen LogP contribution in [0.4, 0.5) is 4.39 Å². The van der Waals surface area contributed by atoms with E-state index in [2.05, 4.69) is 25.7 Å². The van der Waals surface area contributed by atoms with Crippen LogP contribution in [0.3, 0.4) is 0 Å². The second-order valence-electron chi connectivity index (χ2n) is 3.14. The van der Waals surface area contributed by atoms with E-state index in [9.17, 15) is 9.18 Å². The molecule has 0 saturated heterocycles. The van der Waals surface area contributed by atoms with Gasteiger partial charge in [0.05, 0.1) is 12.0 Å². The van der Waals surface area contributed by atoms with Crippen molar-refractivity contribution in [2.45, 2.75) is 0 Å². The fourth-order valence-corrected chi connectivity index (χ4v) is 2.77. The SMILES string of the molecule is COC(=O)c1nc(Br)sc1-c1ccc(F)cc1. The third kappa shape index (κ3) is 2.53. The Bertz CT molecular complexity index is 553. The van der Waals surface area contributed by atoms with Crippen LogP contribution < -0.4 is 0 Å². The molecule has 0 aliphatic rings. The van der Waals surface area contributed by atoms with Gasteiger partial charge in [0.15, 0.2) is 9.61 Å². The maximum absolute atomic E-state index is 12.8. The molecule has 2 aromatic rings. The lowest BCUT2D eigenvalue weighted by atomic mass is 10.1. The Hall–Kier alpha value is -1.27. The number of carbonyl (C=O) groups excluding carboxylic acids is 1. The van der Waals surface area contributed by atoms with Crippen LogP contribution in [-0.4, -0.2) is 18.1 Å². The molecule has 2 rings (SSSR count). The molecule has 1 aromatic heterocycles. The van der Waals surface area contributed by atoms with Crippen LogP contribution in [0.5, 0.6) is 0 Å². The normalized spacial score (nSPS) is 10.3. The molecule has 0 spiro atoms. The Labute approximate surface area is 109 Å². The van der Waals surface area contributed by atoms with Gasteiger partial charge in [-0.25, -0.2) is 14.2 Å². The van der Waals surface area contributed by atoms with E-state index in [0.29, 0.717) is 8.79 Å². The molecule has 0 unspecified atom stereocenters. The summed E-state index contributed by atoms with van der Waals surface area (Å²) in [6.45, 7) is 0. The number of esters is 1. The summed E-state index contributed by atoms with van der Waals surface area (Å²) >= 11 is 4.52. The first-order chi connectivity index (χ1) is 8.11. The molecule has 0 N–H and O–H groups in total. The molecule has 0 aliphatic carbocycles. The van der Waals surface area contributed by atoms with E-state index in [1.165, 1.54) is 30.6 Å². The zero-order valence-corrected chi connectivity index (χ0v) is 11.1. The van der Waals surface area contributed by atoms with Gasteiger partial charge in [0.2, 0.25) is 0 Å². The molecule has 1 aromatic carbocycles. The lowest BCUT2D eigenvalue weighted by Gasteiger charge is -2.00. The summed E-state index contributed by atoms with van der Waals surface area (Å²) in [6.07, 6.45) is 0. The maximum atomic E-state index is 12.8. The van der Waals surface area contributed by atoms with E-state index in [1.807, 2.05) is 0 Å². The third-order valence-corrected chi connectivity index (χ3v) is 3.64. The zero-order valence-electron chi connectivity index (χ0n) is 8.74. The third-order valence-electron chi connectivity index (χ3n) is 2.09. The van der Waals surface area contributed by atoms with E-state index in [0.717, 1.165) is 5.56 Å². The van der Waals surface area contributed by atoms with Crippen molar-refractivity contribution in [1.82, 2.24) is 4.98 Å². The van der Waals surface area contributed by atoms with Gasteiger partial charge in [-0.2, -0.15) is 0 Å². The molecule has 88 valence electrons. The van der Waals surface area contributed by atoms with Gasteiger partial charge in [0.1, 0.15) is 5.82 Å². The van der Waals surface area contributed by atoms with Gasteiger partial charge in [-0.1, -0.05) is 12.1 Å². The van der Waals surface area contributed by atoms with E-state index in [1.54, 1.807) is 12.1 Å². The van der Waals surface area contributed by atoms with Gasteiger partial charge in [0, 0.05) is 0 Å². The Morgan fingerprint density at radius 1 is 1.41 bits per heavy atom. The fourth-order valence-electron chi connectivity index (χ4n) is 1.33. The first-order valence-corrected chi connectivity index (χ1v) is 6.23. The summed E-state index contributed by atoms with van der Waals surface area (Å²) in [4.78, 5) is 16.2. The number of halogens is 2. The van der Waals surface area contributed by atoms with Crippen LogP contribution in [0.25, 0.3) is 10.4 Å². The van der Waals surface area contributed by atoms with E-state index in [4.69, 9.17) is 0 Å². The van der Waals surface area contributed by atoms with E-state index in [-0.39, 0.29) is 11.5 Å². The highest BCUT2D eigenvalue weighted by molar-refractivity contribution is 9.11. The molecule has 17 heavy (non-hydrogen) atoms. The van der Waals surface area contributed by atoms with Crippen LogP contribution in [0.1, 0.15) is 10.5 Å². The highest BCUT2D eigenvalue weighted by Crippen LogP contribution is 2.33. The quantitative estimate of drug-likeness (QED) is 0.796. The molecule has 0 radical (unpaired) electrons. The predicted octanol–water partition coefficient (Wildman–Crippen LogP) is 3.50. The number of aromatic nitrogens is 1. The largest absolute Gasteiger partial charge is 0.464 e. The Morgan fingerprint density at radius 3 is 2.65 bits per heavy atom. The smallest absolute Gasteiger partial charge is 0.358 e. The number of carbonyl (C=O) groups is 1. The summed E-state index contributed by atoms with van der Waals surface area (Å²) in [5.74, 6) is -0.830. The van der Waals surface area contributed by atoms with Gasteiger partial charge >= 0.3 is 5.97 Å². The molecule has 1 heterocycles. The number of methoxy groups -OCH3 is 1. The van der Waals surface area contributed by atoms with Crippen molar-refractivity contribution < 1.29 is 13.9 Å². The molecule has 0 atom stereocenters. The van der Waals surface area contributed by atoms with Crippen molar-refractivity contribution in [3.8, 4) is 10.4 Å². The summed E-state index contributed by atoms with van der Waals surface area (Å²) in [6, 6.07) is 5.87. The van der Waals surface area contributed by atoms with Gasteiger partial charge < -0.3 is 4.74 Å². The Morgan fingerprint density at radius 2 is 2.06 bits per heavy atom.